The van der Waals surface area contributed by atoms with Gasteiger partial charge in [-0.2, -0.15) is 0 Å². The molecule has 0 aliphatic rings. The lowest BCUT2D eigenvalue weighted by Crippen LogP contribution is -1.95. The van der Waals surface area contributed by atoms with E-state index in [-0.39, 0.29) is 0 Å². The lowest BCUT2D eigenvalue weighted by molar-refractivity contribution is 1.18. The zero-order chi connectivity index (χ0) is 33.5. The molecule has 238 valence electrons. The Bertz CT molecular complexity index is 3120. The van der Waals surface area contributed by atoms with Crippen molar-refractivity contribution in [2.24, 2.45) is 0 Å². The molecule has 0 bridgehead atoms. The van der Waals surface area contributed by atoms with Crippen molar-refractivity contribution in [1.29, 1.82) is 0 Å². The van der Waals surface area contributed by atoms with Crippen LogP contribution < -0.4 is 0 Å². The summed E-state index contributed by atoms with van der Waals surface area (Å²) in [7, 11) is 0. The normalized spacial score (nSPS) is 11.9. The molecule has 4 heterocycles. The van der Waals surface area contributed by atoms with E-state index in [0.717, 1.165) is 49.6 Å². The van der Waals surface area contributed by atoms with Crippen LogP contribution in [0.25, 0.3) is 97.9 Å². The number of rotatable bonds is 4. The maximum absolute atomic E-state index is 5.21. The van der Waals surface area contributed by atoms with Crippen LogP contribution >= 0.6 is 11.3 Å². The topological polar surface area (TPSA) is 35.6 Å². The van der Waals surface area contributed by atoms with Gasteiger partial charge in [-0.05, 0) is 48.5 Å². The second-order valence-corrected chi connectivity index (χ2v) is 14.0. The van der Waals surface area contributed by atoms with Gasteiger partial charge in [-0.25, -0.2) is 9.97 Å². The molecule has 11 rings (SSSR count). The van der Waals surface area contributed by atoms with Crippen molar-refractivity contribution in [3.63, 3.8) is 0 Å². The fourth-order valence-electron chi connectivity index (χ4n) is 7.91. The largest absolute Gasteiger partial charge is 0.309 e. The summed E-state index contributed by atoms with van der Waals surface area (Å²) in [6.45, 7) is 0. The summed E-state index contributed by atoms with van der Waals surface area (Å²) in [6, 6.07) is 60.5. The summed E-state index contributed by atoms with van der Waals surface area (Å²) in [5.41, 5.74) is 11.1. The molecule has 0 atom stereocenters. The number of fused-ring (bicyclic) bond motifs is 10. The lowest BCUT2D eigenvalue weighted by atomic mass is 10.1. The SMILES string of the molecule is c1ccc(-c2nc(-c3ccccc3)c3sc4cc(-n5c6ccccc6c6ccc7c(c8ccccc8n7-c7ccccc7)c65)ccc4c3n2)cc1. The summed E-state index contributed by atoms with van der Waals surface area (Å²) < 4.78 is 7.15. The molecule has 4 aromatic heterocycles. The van der Waals surface area contributed by atoms with E-state index in [0.29, 0.717) is 0 Å². The molecule has 7 aromatic carbocycles. The van der Waals surface area contributed by atoms with Gasteiger partial charge in [0.2, 0.25) is 0 Å². The molecule has 0 unspecified atom stereocenters. The highest BCUT2D eigenvalue weighted by Crippen LogP contribution is 2.44. The lowest BCUT2D eigenvalue weighted by Gasteiger charge is -2.10. The molecule has 0 aliphatic carbocycles. The van der Waals surface area contributed by atoms with E-state index in [2.05, 4.69) is 161 Å². The molecular formula is C46H28N4S. The van der Waals surface area contributed by atoms with Gasteiger partial charge in [-0.1, -0.05) is 121 Å². The summed E-state index contributed by atoms with van der Waals surface area (Å²) in [5, 5.41) is 6.12. The zero-order valence-corrected chi connectivity index (χ0v) is 28.2. The van der Waals surface area contributed by atoms with E-state index in [1.165, 1.54) is 48.3 Å². The molecule has 0 saturated carbocycles. The average Bonchev–Trinajstić information content (AvgIpc) is 3.86. The Labute approximate surface area is 297 Å². The molecule has 0 aliphatic heterocycles. The predicted molar refractivity (Wildman–Crippen MR) is 214 cm³/mol. The highest BCUT2D eigenvalue weighted by molar-refractivity contribution is 7.26. The van der Waals surface area contributed by atoms with Crippen molar-refractivity contribution in [1.82, 2.24) is 19.1 Å². The first-order valence-corrected chi connectivity index (χ1v) is 18.0. The van der Waals surface area contributed by atoms with Crippen LogP contribution in [-0.2, 0) is 0 Å². The maximum atomic E-state index is 5.21. The molecule has 4 nitrogen and oxygen atoms in total. The number of hydrogen-bond donors (Lipinski definition) is 0. The third-order valence-electron chi connectivity index (χ3n) is 10.1. The number of nitrogens with zero attached hydrogens (tertiary/aromatic N) is 4. The van der Waals surface area contributed by atoms with E-state index in [4.69, 9.17) is 9.97 Å². The second kappa shape index (κ2) is 11.0. The van der Waals surface area contributed by atoms with Crippen molar-refractivity contribution in [2.45, 2.75) is 0 Å². The van der Waals surface area contributed by atoms with E-state index in [1.54, 1.807) is 11.3 Å². The van der Waals surface area contributed by atoms with Crippen LogP contribution in [0.5, 0.6) is 0 Å². The molecule has 51 heavy (non-hydrogen) atoms. The van der Waals surface area contributed by atoms with E-state index in [9.17, 15) is 0 Å². The van der Waals surface area contributed by atoms with Crippen LogP contribution in [0.3, 0.4) is 0 Å². The van der Waals surface area contributed by atoms with Gasteiger partial charge in [-0.3, -0.25) is 0 Å². The third kappa shape index (κ3) is 4.19. The van der Waals surface area contributed by atoms with Crippen molar-refractivity contribution in [3.8, 4) is 34.0 Å². The number of benzene rings is 7. The third-order valence-corrected chi connectivity index (χ3v) is 11.3. The van der Waals surface area contributed by atoms with Crippen molar-refractivity contribution < 1.29 is 0 Å². The fourth-order valence-corrected chi connectivity index (χ4v) is 9.10. The number of aromatic nitrogens is 4. The second-order valence-electron chi connectivity index (χ2n) is 13.0. The Kier molecular flexibility index (Phi) is 6.09. The fraction of sp³-hybridized carbons (Fsp3) is 0. The number of hydrogen-bond acceptors (Lipinski definition) is 3. The highest BCUT2D eigenvalue weighted by atomic mass is 32.1. The standard InChI is InChI=1S/C46H28N4S/c1-4-14-29(15-5-1)42-45-43(48-46(47-42)30-16-6-2-7-17-30)36-25-24-32(28-40(36)51-45)50-37-22-12-10-20-33(37)34-26-27-39-41(44(34)50)35-21-11-13-23-38(35)49(39)31-18-8-3-9-19-31/h1-28H. The molecular weight excluding hydrogens is 641 g/mol. The first-order valence-electron chi connectivity index (χ1n) is 17.2. The molecule has 11 aromatic rings. The number of para-hydroxylation sites is 3. The van der Waals surface area contributed by atoms with Gasteiger partial charge < -0.3 is 9.13 Å². The molecule has 0 radical (unpaired) electrons. The number of thiophene rings is 1. The molecule has 5 heteroatoms. The summed E-state index contributed by atoms with van der Waals surface area (Å²) >= 11 is 1.77. The minimum Gasteiger partial charge on any atom is -0.309 e. The minimum absolute atomic E-state index is 0.741. The molecule has 0 spiro atoms. The van der Waals surface area contributed by atoms with E-state index in [1.807, 2.05) is 18.2 Å². The molecule has 0 saturated heterocycles. The van der Waals surface area contributed by atoms with E-state index >= 15 is 0 Å². The Morgan fingerprint density at radius 3 is 1.82 bits per heavy atom. The summed E-state index contributed by atoms with van der Waals surface area (Å²) in [6.07, 6.45) is 0. The molecule has 0 N–H and O–H groups in total. The predicted octanol–water partition coefficient (Wildman–Crippen LogP) is 12.4. The van der Waals surface area contributed by atoms with Crippen molar-refractivity contribution in [3.05, 3.63) is 170 Å². The quantitative estimate of drug-likeness (QED) is 0.187. The van der Waals surface area contributed by atoms with Crippen LogP contribution in [0.15, 0.2) is 170 Å². The van der Waals surface area contributed by atoms with Crippen molar-refractivity contribution in [2.75, 3.05) is 0 Å². The Hall–Kier alpha value is -6.56. The van der Waals surface area contributed by atoms with Gasteiger partial charge in [0.1, 0.15) is 0 Å². The van der Waals surface area contributed by atoms with Gasteiger partial charge in [-0.15, -0.1) is 11.3 Å². The van der Waals surface area contributed by atoms with Gasteiger partial charge in [0.15, 0.2) is 5.82 Å². The average molecular weight is 669 g/mol. The highest BCUT2D eigenvalue weighted by Gasteiger charge is 2.22. The van der Waals surface area contributed by atoms with Crippen LogP contribution in [-0.4, -0.2) is 19.1 Å². The zero-order valence-electron chi connectivity index (χ0n) is 27.4. The minimum atomic E-state index is 0.741. The maximum Gasteiger partial charge on any atom is 0.160 e. The van der Waals surface area contributed by atoms with Gasteiger partial charge in [0.25, 0.3) is 0 Å². The Morgan fingerprint density at radius 2 is 1.06 bits per heavy atom. The smallest absolute Gasteiger partial charge is 0.160 e. The Balaban J connectivity index is 1.23. The summed E-state index contributed by atoms with van der Waals surface area (Å²) in [5.74, 6) is 0.741. The molecule has 0 fully saturated rings. The van der Waals surface area contributed by atoms with Crippen LogP contribution in [0.1, 0.15) is 0 Å². The summed E-state index contributed by atoms with van der Waals surface area (Å²) in [4.78, 5) is 10.4. The van der Waals surface area contributed by atoms with E-state index < -0.39 is 0 Å². The van der Waals surface area contributed by atoms with Crippen molar-refractivity contribution >= 4 is 75.3 Å². The monoisotopic (exact) mass is 668 g/mol. The first kappa shape index (κ1) is 28.3. The van der Waals surface area contributed by atoms with Crippen LogP contribution in [0.2, 0.25) is 0 Å². The van der Waals surface area contributed by atoms with Gasteiger partial charge in [0, 0.05) is 54.1 Å². The van der Waals surface area contributed by atoms with Crippen LogP contribution in [0.4, 0.5) is 0 Å². The first-order chi connectivity index (χ1) is 25.3. The van der Waals surface area contributed by atoms with Gasteiger partial charge >= 0.3 is 0 Å². The van der Waals surface area contributed by atoms with Crippen LogP contribution in [0, 0.1) is 0 Å². The van der Waals surface area contributed by atoms with Gasteiger partial charge in [0.05, 0.1) is 38.0 Å². The Morgan fingerprint density at radius 1 is 0.431 bits per heavy atom. The molecule has 0 amide bonds.